The zero-order chi connectivity index (χ0) is 11.3. The van der Waals surface area contributed by atoms with Crippen molar-refractivity contribution in [2.45, 2.75) is 26.9 Å². The Morgan fingerprint density at radius 1 is 1.33 bits per heavy atom. The normalized spacial score (nSPS) is 10.1. The molecule has 0 unspecified atom stereocenters. The Bertz CT molecular complexity index is 319. The van der Waals surface area contributed by atoms with Crippen molar-refractivity contribution < 1.29 is 9.84 Å². The van der Waals surface area contributed by atoms with E-state index in [1.54, 1.807) is 0 Å². The smallest absolute Gasteiger partial charge is 0.125 e. The summed E-state index contributed by atoms with van der Waals surface area (Å²) in [7, 11) is 0. The molecule has 1 aromatic rings. The van der Waals surface area contributed by atoms with Crippen molar-refractivity contribution in [2.75, 3.05) is 6.61 Å². The highest BCUT2D eigenvalue weighted by molar-refractivity contribution is 5.43. The van der Waals surface area contributed by atoms with E-state index in [1.165, 1.54) is 0 Å². The molecule has 0 aliphatic heterocycles. The number of aliphatic hydroxyl groups excluding tert-OH is 1. The largest absolute Gasteiger partial charge is 0.493 e. The maximum absolute atomic E-state index is 9.04. The molecule has 0 fully saturated rings. The predicted octanol–water partition coefficient (Wildman–Crippen LogP) is 2.75. The van der Waals surface area contributed by atoms with Crippen LogP contribution >= 0.6 is 0 Å². The summed E-state index contributed by atoms with van der Waals surface area (Å²) >= 11 is 0. The number of aryl methyl sites for hydroxylation is 2. The van der Waals surface area contributed by atoms with Crippen LogP contribution in [0.25, 0.3) is 0 Å². The van der Waals surface area contributed by atoms with Crippen LogP contribution in [0.5, 0.6) is 5.75 Å². The third-order valence-electron chi connectivity index (χ3n) is 2.27. The van der Waals surface area contributed by atoms with Crippen LogP contribution in [0.3, 0.4) is 0 Å². The van der Waals surface area contributed by atoms with Gasteiger partial charge in [0.05, 0.1) is 13.2 Å². The van der Waals surface area contributed by atoms with Crippen molar-refractivity contribution in [1.29, 1.82) is 0 Å². The van der Waals surface area contributed by atoms with E-state index in [2.05, 4.69) is 6.58 Å². The van der Waals surface area contributed by atoms with Gasteiger partial charge in [-0.25, -0.2) is 0 Å². The molecule has 0 aromatic heterocycles. The lowest BCUT2D eigenvalue weighted by atomic mass is 10.1. The van der Waals surface area contributed by atoms with Crippen molar-refractivity contribution in [1.82, 2.24) is 0 Å². The van der Waals surface area contributed by atoms with E-state index in [0.717, 1.165) is 28.9 Å². The van der Waals surface area contributed by atoms with Crippen molar-refractivity contribution in [3.8, 4) is 5.75 Å². The molecule has 0 spiro atoms. The minimum Gasteiger partial charge on any atom is -0.493 e. The van der Waals surface area contributed by atoms with Gasteiger partial charge in [-0.15, -0.1) is 6.58 Å². The minimum atomic E-state index is 0.0780. The Morgan fingerprint density at radius 3 is 2.40 bits per heavy atom. The van der Waals surface area contributed by atoms with Crippen LogP contribution in [-0.4, -0.2) is 11.7 Å². The Hall–Kier alpha value is -1.28. The summed E-state index contributed by atoms with van der Waals surface area (Å²) in [6.07, 6.45) is 2.69. The van der Waals surface area contributed by atoms with Crippen molar-refractivity contribution in [3.05, 3.63) is 41.5 Å². The van der Waals surface area contributed by atoms with Crippen molar-refractivity contribution in [2.24, 2.45) is 0 Å². The summed E-state index contributed by atoms with van der Waals surface area (Å²) in [5.41, 5.74) is 3.08. The molecule has 0 heterocycles. The van der Waals surface area contributed by atoms with Gasteiger partial charge in [-0.05, 0) is 37.0 Å². The van der Waals surface area contributed by atoms with Gasteiger partial charge in [-0.2, -0.15) is 0 Å². The molecule has 0 saturated carbocycles. The van der Waals surface area contributed by atoms with E-state index >= 15 is 0 Å². The minimum absolute atomic E-state index is 0.0780. The molecule has 1 rings (SSSR count). The van der Waals surface area contributed by atoms with Gasteiger partial charge >= 0.3 is 0 Å². The first-order chi connectivity index (χ1) is 7.19. The van der Waals surface area contributed by atoms with Crippen LogP contribution in [0.1, 0.15) is 23.1 Å². The summed E-state index contributed by atoms with van der Waals surface area (Å²) in [5, 5.41) is 9.04. The van der Waals surface area contributed by atoms with Crippen molar-refractivity contribution in [3.63, 3.8) is 0 Å². The molecule has 0 aliphatic rings. The highest BCUT2D eigenvalue weighted by Crippen LogP contribution is 2.24. The van der Waals surface area contributed by atoms with Gasteiger partial charge in [-0.3, -0.25) is 0 Å². The van der Waals surface area contributed by atoms with Crippen LogP contribution in [0.2, 0.25) is 0 Å². The molecule has 0 atom stereocenters. The summed E-state index contributed by atoms with van der Waals surface area (Å²) in [6, 6.07) is 3.91. The van der Waals surface area contributed by atoms with Gasteiger partial charge in [0, 0.05) is 0 Å². The summed E-state index contributed by atoms with van der Waals surface area (Å²) in [5.74, 6) is 0.925. The predicted molar refractivity (Wildman–Crippen MR) is 62.1 cm³/mol. The summed E-state index contributed by atoms with van der Waals surface area (Å²) in [4.78, 5) is 0. The standard InChI is InChI=1S/C13H18O2/c1-4-5-6-15-13-10(2)7-12(9-14)8-11(13)3/h4,7-8,14H,1,5-6,9H2,2-3H3. The van der Waals surface area contributed by atoms with E-state index < -0.39 is 0 Å². The number of benzene rings is 1. The van der Waals surface area contributed by atoms with E-state index in [4.69, 9.17) is 9.84 Å². The number of hydrogen-bond donors (Lipinski definition) is 1. The molecule has 2 heteroatoms. The molecule has 0 bridgehead atoms. The quantitative estimate of drug-likeness (QED) is 0.593. The number of ether oxygens (including phenoxy) is 1. The maximum atomic E-state index is 9.04. The fourth-order valence-corrected chi connectivity index (χ4v) is 1.60. The topological polar surface area (TPSA) is 29.5 Å². The SMILES string of the molecule is C=CCCOc1c(C)cc(CO)cc1C. The first-order valence-corrected chi connectivity index (χ1v) is 5.13. The van der Waals surface area contributed by atoms with Crippen LogP contribution in [-0.2, 0) is 6.61 Å². The van der Waals surface area contributed by atoms with Gasteiger partial charge < -0.3 is 9.84 Å². The zero-order valence-electron chi connectivity index (χ0n) is 9.42. The lowest BCUT2D eigenvalue weighted by Crippen LogP contribution is -2.00. The molecule has 15 heavy (non-hydrogen) atoms. The molecule has 1 N–H and O–H groups in total. The van der Waals surface area contributed by atoms with Gasteiger partial charge in [0.1, 0.15) is 5.75 Å². The monoisotopic (exact) mass is 206 g/mol. The Labute approximate surface area is 91.2 Å². The number of rotatable bonds is 5. The second-order valence-corrected chi connectivity index (χ2v) is 3.64. The van der Waals surface area contributed by atoms with Gasteiger partial charge in [0.25, 0.3) is 0 Å². The Kier molecular flexibility index (Phi) is 4.37. The molecule has 0 saturated heterocycles. The van der Waals surface area contributed by atoms with Gasteiger partial charge in [0.15, 0.2) is 0 Å². The summed E-state index contributed by atoms with van der Waals surface area (Å²) < 4.78 is 5.65. The second kappa shape index (κ2) is 5.56. The molecular weight excluding hydrogens is 188 g/mol. The average Bonchev–Trinajstić information content (AvgIpc) is 2.22. The van der Waals surface area contributed by atoms with Crippen LogP contribution in [0, 0.1) is 13.8 Å². The second-order valence-electron chi connectivity index (χ2n) is 3.64. The van der Waals surface area contributed by atoms with Crippen LogP contribution in [0.15, 0.2) is 24.8 Å². The Balaban J connectivity index is 2.83. The highest BCUT2D eigenvalue weighted by Gasteiger charge is 2.05. The van der Waals surface area contributed by atoms with E-state index in [9.17, 15) is 0 Å². The zero-order valence-corrected chi connectivity index (χ0v) is 9.42. The molecule has 1 aromatic carbocycles. The average molecular weight is 206 g/mol. The van der Waals surface area contributed by atoms with Gasteiger partial charge in [-0.1, -0.05) is 18.2 Å². The fourth-order valence-electron chi connectivity index (χ4n) is 1.60. The van der Waals surface area contributed by atoms with Crippen molar-refractivity contribution >= 4 is 0 Å². The molecular formula is C13H18O2. The van der Waals surface area contributed by atoms with E-state index in [-0.39, 0.29) is 6.61 Å². The first kappa shape index (κ1) is 11.8. The van der Waals surface area contributed by atoms with Crippen LogP contribution in [0.4, 0.5) is 0 Å². The number of hydrogen-bond acceptors (Lipinski definition) is 2. The molecule has 2 nitrogen and oxygen atoms in total. The highest BCUT2D eigenvalue weighted by atomic mass is 16.5. The lowest BCUT2D eigenvalue weighted by Gasteiger charge is -2.12. The van der Waals surface area contributed by atoms with E-state index in [1.807, 2.05) is 32.1 Å². The third kappa shape index (κ3) is 3.10. The molecule has 82 valence electrons. The number of aliphatic hydroxyl groups is 1. The van der Waals surface area contributed by atoms with Crippen LogP contribution < -0.4 is 4.74 Å². The fraction of sp³-hybridized carbons (Fsp3) is 0.385. The lowest BCUT2D eigenvalue weighted by molar-refractivity contribution is 0.281. The third-order valence-corrected chi connectivity index (χ3v) is 2.27. The molecule has 0 radical (unpaired) electrons. The van der Waals surface area contributed by atoms with Gasteiger partial charge in [0.2, 0.25) is 0 Å². The van der Waals surface area contributed by atoms with E-state index in [0.29, 0.717) is 6.61 Å². The molecule has 0 amide bonds. The maximum Gasteiger partial charge on any atom is 0.125 e. The summed E-state index contributed by atoms with van der Waals surface area (Å²) in [6.45, 7) is 8.38. The molecule has 0 aliphatic carbocycles. The Morgan fingerprint density at radius 2 is 1.93 bits per heavy atom. The first-order valence-electron chi connectivity index (χ1n) is 5.13.